The molecule has 2 aromatic carbocycles. The summed E-state index contributed by atoms with van der Waals surface area (Å²) in [6, 6.07) is 14.1. The molecule has 3 rings (SSSR count). The van der Waals surface area contributed by atoms with E-state index in [2.05, 4.69) is 23.6 Å². The van der Waals surface area contributed by atoms with Gasteiger partial charge in [0, 0.05) is 12.2 Å². The average molecular weight is 340 g/mol. The van der Waals surface area contributed by atoms with Crippen LogP contribution in [-0.4, -0.2) is 24.0 Å². The van der Waals surface area contributed by atoms with E-state index in [1.54, 1.807) is 0 Å². The Morgan fingerprint density at radius 1 is 1.17 bits per heavy atom. The summed E-state index contributed by atoms with van der Waals surface area (Å²) in [5, 5.41) is 8.99. The third-order valence-electron chi connectivity index (χ3n) is 3.90. The van der Waals surface area contributed by atoms with E-state index in [9.17, 15) is 9.59 Å². The fraction of sp³-hybridized carbons (Fsp3) is 0.263. The maximum absolute atomic E-state index is 12.3. The molecule has 4 nitrogen and oxygen atoms in total. The number of hydrogen-bond donors (Lipinski definition) is 2. The van der Waals surface area contributed by atoms with Gasteiger partial charge in [0.25, 0.3) is 5.91 Å². The van der Waals surface area contributed by atoms with Gasteiger partial charge in [0.15, 0.2) is 5.78 Å². The lowest BCUT2D eigenvalue weighted by atomic mass is 10.1. The van der Waals surface area contributed by atoms with E-state index in [-0.39, 0.29) is 17.3 Å². The van der Waals surface area contributed by atoms with Crippen LogP contribution in [0, 0.1) is 0 Å². The Morgan fingerprint density at radius 3 is 2.75 bits per heavy atom. The molecular formula is C19H20N2O2S. The number of thioether (sulfide) groups is 1. The summed E-state index contributed by atoms with van der Waals surface area (Å²) in [7, 11) is 0. The molecule has 0 bridgehead atoms. The van der Waals surface area contributed by atoms with Gasteiger partial charge in [-0.3, -0.25) is 9.59 Å². The van der Waals surface area contributed by atoms with Gasteiger partial charge in [-0.15, -0.1) is 0 Å². The van der Waals surface area contributed by atoms with E-state index >= 15 is 0 Å². The minimum absolute atomic E-state index is 0.114. The van der Waals surface area contributed by atoms with Crippen molar-refractivity contribution in [3.63, 3.8) is 0 Å². The quantitative estimate of drug-likeness (QED) is 0.622. The Morgan fingerprint density at radius 2 is 1.96 bits per heavy atom. The second-order valence-corrected chi connectivity index (χ2v) is 6.70. The van der Waals surface area contributed by atoms with Gasteiger partial charge in [-0.25, -0.2) is 0 Å². The molecule has 24 heavy (non-hydrogen) atoms. The van der Waals surface area contributed by atoms with Gasteiger partial charge in [-0.1, -0.05) is 55.4 Å². The van der Waals surface area contributed by atoms with Crippen LogP contribution >= 0.6 is 11.8 Å². The van der Waals surface area contributed by atoms with Crippen LogP contribution in [0.15, 0.2) is 53.1 Å². The molecule has 0 fully saturated rings. The van der Waals surface area contributed by atoms with Crippen molar-refractivity contribution >= 4 is 39.9 Å². The molecule has 0 aromatic heterocycles. The molecular weight excluding hydrogens is 320 g/mol. The fourth-order valence-corrected chi connectivity index (χ4v) is 3.56. The topological polar surface area (TPSA) is 58.2 Å². The summed E-state index contributed by atoms with van der Waals surface area (Å²) in [5.74, 6) is -0.0778. The second-order valence-electron chi connectivity index (χ2n) is 5.71. The number of carbonyl (C=O) groups is 2. The van der Waals surface area contributed by atoms with E-state index in [0.717, 1.165) is 29.3 Å². The van der Waals surface area contributed by atoms with Crippen LogP contribution < -0.4 is 10.6 Å². The lowest BCUT2D eigenvalue weighted by Crippen LogP contribution is -2.29. The van der Waals surface area contributed by atoms with Crippen molar-refractivity contribution in [2.75, 3.05) is 17.6 Å². The maximum atomic E-state index is 12.3. The number of benzene rings is 2. The molecule has 0 radical (unpaired) electrons. The number of fused-ring (bicyclic) bond motifs is 1. The van der Waals surface area contributed by atoms with E-state index < -0.39 is 0 Å². The SMILES string of the molecule is CCCCNC(=O)C1=C(Nc2ccc3ccccc3c2)SCC1=O. The van der Waals surface area contributed by atoms with Crippen LogP contribution in [0.3, 0.4) is 0 Å². The van der Waals surface area contributed by atoms with Crippen molar-refractivity contribution in [3.05, 3.63) is 53.1 Å². The Hall–Kier alpha value is -2.27. The van der Waals surface area contributed by atoms with E-state index in [1.807, 2.05) is 36.4 Å². The number of rotatable bonds is 6. The lowest BCUT2D eigenvalue weighted by Gasteiger charge is -2.10. The molecule has 1 amide bonds. The van der Waals surface area contributed by atoms with Crippen molar-refractivity contribution < 1.29 is 9.59 Å². The van der Waals surface area contributed by atoms with Crippen LogP contribution in [0.5, 0.6) is 0 Å². The van der Waals surface area contributed by atoms with E-state index in [4.69, 9.17) is 0 Å². The minimum Gasteiger partial charge on any atom is -0.352 e. The highest BCUT2D eigenvalue weighted by Crippen LogP contribution is 2.31. The summed E-state index contributed by atoms with van der Waals surface area (Å²) in [4.78, 5) is 24.4. The predicted octanol–water partition coefficient (Wildman–Crippen LogP) is 3.70. The van der Waals surface area contributed by atoms with Gasteiger partial charge in [-0.05, 0) is 29.3 Å². The Balaban J connectivity index is 1.82. The Bertz CT molecular complexity index is 814. The standard InChI is InChI=1S/C19H20N2O2S/c1-2-3-10-20-18(23)17-16(22)12-24-19(17)21-15-9-8-13-6-4-5-7-14(13)11-15/h4-9,11,21H,2-3,10,12H2,1H3,(H,20,23). The van der Waals surface area contributed by atoms with Gasteiger partial charge in [0.1, 0.15) is 5.57 Å². The molecule has 1 heterocycles. The van der Waals surface area contributed by atoms with Crippen LogP contribution in [0.25, 0.3) is 10.8 Å². The van der Waals surface area contributed by atoms with Gasteiger partial charge < -0.3 is 10.6 Å². The van der Waals surface area contributed by atoms with Crippen LogP contribution in [-0.2, 0) is 9.59 Å². The zero-order valence-electron chi connectivity index (χ0n) is 13.6. The molecule has 2 aromatic rings. The van der Waals surface area contributed by atoms with Crippen LogP contribution in [0.1, 0.15) is 19.8 Å². The van der Waals surface area contributed by atoms with E-state index in [1.165, 1.54) is 11.8 Å². The predicted molar refractivity (Wildman–Crippen MR) is 100.0 cm³/mol. The van der Waals surface area contributed by atoms with Gasteiger partial charge in [0.2, 0.25) is 0 Å². The normalized spacial score (nSPS) is 14.3. The average Bonchev–Trinajstić information content (AvgIpc) is 2.95. The van der Waals surface area contributed by atoms with Crippen LogP contribution in [0.2, 0.25) is 0 Å². The molecule has 0 atom stereocenters. The maximum Gasteiger partial charge on any atom is 0.257 e. The number of nitrogens with one attached hydrogen (secondary N) is 2. The molecule has 0 spiro atoms. The first-order valence-corrected chi connectivity index (χ1v) is 9.12. The highest BCUT2D eigenvalue weighted by Gasteiger charge is 2.29. The number of hydrogen-bond acceptors (Lipinski definition) is 4. The molecule has 0 saturated heterocycles. The molecule has 0 unspecified atom stereocenters. The molecule has 1 aliphatic heterocycles. The molecule has 5 heteroatoms. The zero-order chi connectivity index (χ0) is 16.9. The Labute approximate surface area is 145 Å². The first-order valence-electron chi connectivity index (χ1n) is 8.13. The van der Waals surface area contributed by atoms with E-state index in [0.29, 0.717) is 17.3 Å². The summed E-state index contributed by atoms with van der Waals surface area (Å²) >= 11 is 1.38. The van der Waals surface area contributed by atoms with Crippen molar-refractivity contribution in [1.29, 1.82) is 0 Å². The molecule has 124 valence electrons. The largest absolute Gasteiger partial charge is 0.352 e. The van der Waals surface area contributed by atoms with Crippen LogP contribution in [0.4, 0.5) is 5.69 Å². The fourth-order valence-electron chi connectivity index (χ4n) is 2.60. The number of anilines is 1. The highest BCUT2D eigenvalue weighted by atomic mass is 32.2. The third-order valence-corrected chi connectivity index (χ3v) is 4.91. The molecule has 2 N–H and O–H groups in total. The number of amides is 1. The molecule has 0 saturated carbocycles. The highest BCUT2D eigenvalue weighted by molar-refractivity contribution is 8.04. The molecule has 0 aliphatic carbocycles. The number of carbonyl (C=O) groups excluding carboxylic acids is 2. The van der Waals surface area contributed by atoms with Gasteiger partial charge in [0.05, 0.1) is 10.8 Å². The third kappa shape index (κ3) is 3.62. The number of ketones is 1. The van der Waals surface area contributed by atoms with Gasteiger partial charge >= 0.3 is 0 Å². The first kappa shape index (κ1) is 16.6. The number of Topliss-reactive ketones (excluding diaryl/α,β-unsaturated/α-hetero) is 1. The monoisotopic (exact) mass is 340 g/mol. The van der Waals surface area contributed by atoms with Gasteiger partial charge in [-0.2, -0.15) is 0 Å². The lowest BCUT2D eigenvalue weighted by molar-refractivity contribution is -0.121. The molecule has 1 aliphatic rings. The van der Waals surface area contributed by atoms with Crippen molar-refractivity contribution in [1.82, 2.24) is 5.32 Å². The smallest absolute Gasteiger partial charge is 0.257 e. The minimum atomic E-state index is -0.276. The zero-order valence-corrected chi connectivity index (χ0v) is 14.4. The summed E-state index contributed by atoms with van der Waals surface area (Å²) in [5.41, 5.74) is 1.13. The first-order chi connectivity index (χ1) is 11.7. The van der Waals surface area contributed by atoms with Crippen molar-refractivity contribution in [3.8, 4) is 0 Å². The summed E-state index contributed by atoms with van der Waals surface area (Å²) < 4.78 is 0. The Kier molecular flexibility index (Phi) is 5.20. The summed E-state index contributed by atoms with van der Waals surface area (Å²) in [6.07, 6.45) is 1.91. The van der Waals surface area contributed by atoms with Crippen molar-refractivity contribution in [2.45, 2.75) is 19.8 Å². The summed E-state index contributed by atoms with van der Waals surface area (Å²) in [6.45, 7) is 2.66. The van der Waals surface area contributed by atoms with Crippen molar-refractivity contribution in [2.24, 2.45) is 0 Å². The second kappa shape index (κ2) is 7.53. The number of unbranched alkanes of at least 4 members (excludes halogenated alkanes) is 1.